The van der Waals surface area contributed by atoms with Gasteiger partial charge in [0.2, 0.25) is 0 Å². The lowest BCUT2D eigenvalue weighted by Crippen LogP contribution is -2.40. The van der Waals surface area contributed by atoms with Crippen LogP contribution in [0.4, 0.5) is 13.2 Å². The molecule has 0 bridgehead atoms. The average molecular weight is 307 g/mol. The maximum Gasteiger partial charge on any atom is 0.416 e. The van der Waals surface area contributed by atoms with E-state index in [0.29, 0.717) is 5.56 Å². The van der Waals surface area contributed by atoms with Crippen molar-refractivity contribution in [3.63, 3.8) is 0 Å². The van der Waals surface area contributed by atoms with Gasteiger partial charge in [0, 0.05) is 11.4 Å². The summed E-state index contributed by atoms with van der Waals surface area (Å²) in [5.41, 5.74) is 0.0357. The maximum absolute atomic E-state index is 12.9. The van der Waals surface area contributed by atoms with E-state index < -0.39 is 33.9 Å². The molecule has 2 nitrogen and oxygen atoms in total. The van der Waals surface area contributed by atoms with Gasteiger partial charge in [0.05, 0.1) is 11.6 Å². The summed E-state index contributed by atoms with van der Waals surface area (Å²) in [7, 11) is 0. The van der Waals surface area contributed by atoms with Crippen LogP contribution in [0.2, 0.25) is 0 Å². The molecule has 0 aliphatic carbocycles. The molecule has 6 heteroatoms. The lowest BCUT2D eigenvalue weighted by atomic mass is 9.98. The molecule has 0 aliphatic rings. The minimum Gasteiger partial charge on any atom is -0.598 e. The molecule has 0 amide bonds. The molecule has 1 N–H and O–H groups in total. The second kappa shape index (κ2) is 5.95. The zero-order chi connectivity index (χ0) is 15.7. The Balaban J connectivity index is 3.03. The molecule has 1 rings (SSSR count). The van der Waals surface area contributed by atoms with Crippen LogP contribution in [0.5, 0.6) is 0 Å². The van der Waals surface area contributed by atoms with Crippen molar-refractivity contribution in [1.82, 2.24) is 4.72 Å². The maximum atomic E-state index is 12.9. The van der Waals surface area contributed by atoms with Gasteiger partial charge in [0.25, 0.3) is 0 Å². The van der Waals surface area contributed by atoms with Crippen molar-refractivity contribution in [2.75, 3.05) is 0 Å². The Kier molecular flexibility index (Phi) is 5.16. The van der Waals surface area contributed by atoms with Gasteiger partial charge < -0.3 is 4.55 Å². The van der Waals surface area contributed by atoms with E-state index in [2.05, 4.69) is 4.72 Å². The molecule has 2 atom stereocenters. The summed E-state index contributed by atoms with van der Waals surface area (Å²) in [5.74, 6) is 0. The first-order valence-corrected chi connectivity index (χ1v) is 7.44. The molecule has 0 spiro atoms. The first kappa shape index (κ1) is 17.3. The molecule has 20 heavy (non-hydrogen) atoms. The predicted molar refractivity (Wildman–Crippen MR) is 75.6 cm³/mol. The highest BCUT2D eigenvalue weighted by Gasteiger charge is 2.34. The average Bonchev–Trinajstić information content (AvgIpc) is 2.26. The van der Waals surface area contributed by atoms with Crippen LogP contribution >= 0.6 is 0 Å². The van der Waals surface area contributed by atoms with Gasteiger partial charge in [-0.1, -0.05) is 12.1 Å². The SMILES string of the molecule is Cc1c([C@H](C)N[S@+]([O-])C(C)(C)C)cccc1C(F)(F)F. The molecule has 0 radical (unpaired) electrons. The van der Waals surface area contributed by atoms with Crippen LogP contribution in [0.1, 0.15) is 50.4 Å². The Labute approximate surface area is 121 Å². The second-order valence-electron chi connectivity index (χ2n) is 5.74. The molecule has 1 aromatic rings. The van der Waals surface area contributed by atoms with Crippen LogP contribution in [0.3, 0.4) is 0 Å². The van der Waals surface area contributed by atoms with Gasteiger partial charge in [0.1, 0.15) is 4.75 Å². The van der Waals surface area contributed by atoms with E-state index in [1.165, 1.54) is 13.0 Å². The summed E-state index contributed by atoms with van der Waals surface area (Å²) < 4.78 is 53.0. The number of hydrogen-bond donors (Lipinski definition) is 1. The van der Waals surface area contributed by atoms with Crippen molar-refractivity contribution in [2.24, 2.45) is 0 Å². The van der Waals surface area contributed by atoms with Crippen molar-refractivity contribution in [1.29, 1.82) is 0 Å². The van der Waals surface area contributed by atoms with Crippen LogP contribution in [-0.4, -0.2) is 9.30 Å². The van der Waals surface area contributed by atoms with Crippen molar-refractivity contribution in [3.05, 3.63) is 34.9 Å². The monoisotopic (exact) mass is 307 g/mol. The number of benzene rings is 1. The largest absolute Gasteiger partial charge is 0.598 e. The number of hydrogen-bond acceptors (Lipinski definition) is 2. The molecule has 1 aromatic carbocycles. The van der Waals surface area contributed by atoms with E-state index in [4.69, 9.17) is 0 Å². The normalized spacial score (nSPS) is 16.1. The minimum absolute atomic E-state index is 0.172. The standard InChI is InChI=1S/C14H20F3NOS/c1-9-11(7-6-8-12(9)14(15,16)17)10(2)18-20(19)13(3,4)5/h6-8,10,18H,1-5H3/t10-,20+/m0/s1. The zero-order valence-electron chi connectivity index (χ0n) is 12.3. The molecule has 114 valence electrons. The Hall–Kier alpha value is -0.720. The number of nitrogens with one attached hydrogen (secondary N) is 1. The van der Waals surface area contributed by atoms with Crippen LogP contribution in [-0.2, 0) is 17.5 Å². The van der Waals surface area contributed by atoms with Crippen molar-refractivity contribution in [3.8, 4) is 0 Å². The van der Waals surface area contributed by atoms with Gasteiger partial charge in [0.15, 0.2) is 0 Å². The fourth-order valence-electron chi connectivity index (χ4n) is 1.83. The molecular formula is C14H20F3NOS. The number of rotatable bonds is 3. The summed E-state index contributed by atoms with van der Waals surface area (Å²) in [6.45, 7) is 8.58. The summed E-state index contributed by atoms with van der Waals surface area (Å²) >= 11 is -1.34. The van der Waals surface area contributed by atoms with E-state index in [-0.39, 0.29) is 5.56 Å². The molecule has 0 aliphatic heterocycles. The van der Waals surface area contributed by atoms with E-state index in [0.717, 1.165) is 6.07 Å². The highest BCUT2D eigenvalue weighted by Crippen LogP contribution is 2.34. The number of halogens is 3. The van der Waals surface area contributed by atoms with Gasteiger partial charge in [-0.3, -0.25) is 0 Å². The first-order valence-electron chi connectivity index (χ1n) is 6.29. The number of alkyl halides is 3. The van der Waals surface area contributed by atoms with Crippen molar-refractivity contribution >= 4 is 11.4 Å². The van der Waals surface area contributed by atoms with Gasteiger partial charge in [-0.05, 0) is 51.8 Å². The topological polar surface area (TPSA) is 35.1 Å². The van der Waals surface area contributed by atoms with Gasteiger partial charge >= 0.3 is 6.18 Å². The van der Waals surface area contributed by atoms with Crippen molar-refractivity contribution < 1.29 is 17.7 Å². The smallest absolute Gasteiger partial charge is 0.416 e. The Morgan fingerprint density at radius 2 is 1.75 bits per heavy atom. The molecular weight excluding hydrogens is 287 g/mol. The molecule has 0 saturated heterocycles. The molecule has 0 aromatic heterocycles. The van der Waals surface area contributed by atoms with Gasteiger partial charge in [-0.25, -0.2) is 0 Å². The van der Waals surface area contributed by atoms with E-state index >= 15 is 0 Å². The lowest BCUT2D eigenvalue weighted by Gasteiger charge is -2.27. The zero-order valence-corrected chi connectivity index (χ0v) is 13.1. The minimum atomic E-state index is -4.37. The van der Waals surface area contributed by atoms with Gasteiger partial charge in [-0.2, -0.15) is 13.2 Å². The molecule has 0 unspecified atom stereocenters. The summed E-state index contributed by atoms with van der Waals surface area (Å²) in [4.78, 5) is 0. The lowest BCUT2D eigenvalue weighted by molar-refractivity contribution is -0.138. The van der Waals surface area contributed by atoms with Crippen LogP contribution in [0.15, 0.2) is 18.2 Å². The van der Waals surface area contributed by atoms with Crippen LogP contribution in [0.25, 0.3) is 0 Å². The molecule has 0 heterocycles. The van der Waals surface area contributed by atoms with Gasteiger partial charge in [-0.15, -0.1) is 4.72 Å². The Morgan fingerprint density at radius 1 is 1.20 bits per heavy atom. The van der Waals surface area contributed by atoms with Crippen LogP contribution in [0, 0.1) is 6.92 Å². The van der Waals surface area contributed by atoms with E-state index in [9.17, 15) is 17.7 Å². The van der Waals surface area contributed by atoms with Crippen LogP contribution < -0.4 is 4.72 Å². The first-order chi connectivity index (χ1) is 8.94. The summed E-state index contributed by atoms with van der Waals surface area (Å²) in [5, 5.41) is 0. The highest BCUT2D eigenvalue weighted by atomic mass is 32.2. The highest BCUT2D eigenvalue weighted by molar-refractivity contribution is 7.90. The molecule has 0 saturated carbocycles. The fourth-order valence-corrected chi connectivity index (χ4v) is 2.63. The quantitative estimate of drug-likeness (QED) is 0.852. The third kappa shape index (κ3) is 4.14. The second-order valence-corrected chi connectivity index (χ2v) is 7.74. The molecule has 0 fully saturated rings. The Morgan fingerprint density at radius 3 is 2.20 bits per heavy atom. The predicted octanol–water partition coefficient (Wildman–Crippen LogP) is 4.13. The fraction of sp³-hybridized carbons (Fsp3) is 0.571. The Bertz CT molecular complexity index is 468. The summed E-state index contributed by atoms with van der Waals surface area (Å²) in [6, 6.07) is 3.65. The third-order valence-electron chi connectivity index (χ3n) is 2.99. The summed E-state index contributed by atoms with van der Waals surface area (Å²) in [6.07, 6.45) is -4.37. The third-order valence-corrected chi connectivity index (χ3v) is 4.67. The van der Waals surface area contributed by atoms with E-state index in [1.807, 2.05) is 20.8 Å². The van der Waals surface area contributed by atoms with Crippen molar-refractivity contribution in [2.45, 2.75) is 51.6 Å². The van der Waals surface area contributed by atoms with E-state index in [1.54, 1.807) is 13.0 Å².